The quantitative estimate of drug-likeness (QED) is 0.860. The van der Waals surface area contributed by atoms with Crippen LogP contribution in [0.4, 0.5) is 4.39 Å². The van der Waals surface area contributed by atoms with Crippen molar-refractivity contribution in [3.8, 4) is 5.75 Å². The maximum Gasteiger partial charge on any atom is 0.124 e. The number of halogens is 2. The Bertz CT molecular complexity index is 601. The molecule has 19 heavy (non-hydrogen) atoms. The molecule has 2 nitrogen and oxygen atoms in total. The van der Waals surface area contributed by atoms with Crippen molar-refractivity contribution >= 4 is 33.1 Å². The highest BCUT2D eigenvalue weighted by Gasteiger charge is 2.04. The second-order valence-corrected chi connectivity index (χ2v) is 5.31. The van der Waals surface area contributed by atoms with Crippen molar-refractivity contribution in [3.05, 3.63) is 63.9 Å². The molecule has 0 radical (unpaired) electrons. The minimum atomic E-state index is -0.375. The highest BCUT2D eigenvalue weighted by molar-refractivity contribution is 9.10. The summed E-state index contributed by atoms with van der Waals surface area (Å²) in [6.45, 7) is 0.259. The number of nitrogens with two attached hydrogens (primary N) is 1. The van der Waals surface area contributed by atoms with E-state index in [1.165, 1.54) is 12.1 Å². The van der Waals surface area contributed by atoms with Crippen molar-refractivity contribution in [2.45, 2.75) is 6.61 Å². The van der Waals surface area contributed by atoms with Gasteiger partial charge in [0.05, 0.1) is 0 Å². The molecule has 0 aliphatic heterocycles. The first-order valence-electron chi connectivity index (χ1n) is 5.52. The van der Waals surface area contributed by atoms with Crippen LogP contribution in [0.15, 0.2) is 46.9 Å². The predicted molar refractivity (Wildman–Crippen MR) is 80.8 cm³/mol. The number of ether oxygens (including phenoxy) is 1. The van der Waals surface area contributed by atoms with Gasteiger partial charge in [-0.05, 0) is 48.0 Å². The maximum absolute atomic E-state index is 13.4. The minimum absolute atomic E-state index is 0.171. The average molecular weight is 340 g/mol. The molecule has 2 rings (SSSR count). The Kier molecular flexibility index (Phi) is 4.50. The average Bonchev–Trinajstić information content (AvgIpc) is 2.37. The summed E-state index contributed by atoms with van der Waals surface area (Å²) in [6, 6.07) is 11.9. The molecule has 0 amide bonds. The number of hydrogen-bond acceptors (Lipinski definition) is 2. The van der Waals surface area contributed by atoms with E-state index in [2.05, 4.69) is 15.9 Å². The van der Waals surface area contributed by atoms with Crippen LogP contribution in [-0.4, -0.2) is 4.99 Å². The summed E-state index contributed by atoms with van der Waals surface area (Å²) in [5, 5.41) is 0. The third kappa shape index (κ3) is 4.01. The lowest BCUT2D eigenvalue weighted by Gasteiger charge is -2.08. The van der Waals surface area contributed by atoms with Crippen molar-refractivity contribution in [1.82, 2.24) is 0 Å². The summed E-state index contributed by atoms with van der Waals surface area (Å²) in [5.41, 5.74) is 6.68. The van der Waals surface area contributed by atoms with E-state index in [0.717, 1.165) is 4.47 Å². The van der Waals surface area contributed by atoms with Crippen LogP contribution in [0.25, 0.3) is 0 Å². The van der Waals surface area contributed by atoms with Crippen LogP contribution in [0.2, 0.25) is 0 Å². The van der Waals surface area contributed by atoms with E-state index in [1.807, 2.05) is 24.3 Å². The SMILES string of the molecule is NC(=S)c1cc(F)cc(COc2ccc(Br)cc2)c1. The van der Waals surface area contributed by atoms with Gasteiger partial charge in [0.15, 0.2) is 0 Å². The van der Waals surface area contributed by atoms with Crippen LogP contribution in [0.3, 0.4) is 0 Å². The largest absolute Gasteiger partial charge is 0.489 e. The summed E-state index contributed by atoms with van der Waals surface area (Å²) in [6.07, 6.45) is 0. The molecular formula is C14H11BrFNOS. The molecule has 0 aliphatic rings. The fourth-order valence-corrected chi connectivity index (χ4v) is 1.96. The van der Waals surface area contributed by atoms with Crippen LogP contribution in [0, 0.1) is 5.82 Å². The standard InChI is InChI=1S/C14H11BrFNOS/c15-11-1-3-13(4-2-11)18-8-9-5-10(14(17)19)7-12(16)6-9/h1-7H,8H2,(H2,17,19). The van der Waals surface area contributed by atoms with Crippen LogP contribution < -0.4 is 10.5 Å². The van der Waals surface area contributed by atoms with Crippen molar-refractivity contribution in [2.75, 3.05) is 0 Å². The summed E-state index contributed by atoms with van der Waals surface area (Å²) in [4.78, 5) is 0.171. The lowest BCUT2D eigenvalue weighted by molar-refractivity contribution is 0.305. The van der Waals surface area contributed by atoms with E-state index >= 15 is 0 Å². The van der Waals surface area contributed by atoms with E-state index < -0.39 is 0 Å². The molecule has 2 aromatic rings. The number of benzene rings is 2. The number of rotatable bonds is 4. The molecule has 5 heteroatoms. The lowest BCUT2D eigenvalue weighted by atomic mass is 10.1. The molecule has 2 aromatic carbocycles. The molecule has 0 fully saturated rings. The van der Waals surface area contributed by atoms with Gasteiger partial charge in [0, 0.05) is 10.0 Å². The van der Waals surface area contributed by atoms with Gasteiger partial charge in [-0.1, -0.05) is 28.1 Å². The van der Waals surface area contributed by atoms with Gasteiger partial charge in [0.25, 0.3) is 0 Å². The second kappa shape index (κ2) is 6.12. The van der Waals surface area contributed by atoms with E-state index in [1.54, 1.807) is 6.07 Å². The lowest BCUT2D eigenvalue weighted by Crippen LogP contribution is -2.10. The minimum Gasteiger partial charge on any atom is -0.489 e. The number of thiocarbonyl (C=S) groups is 1. The fraction of sp³-hybridized carbons (Fsp3) is 0.0714. The molecule has 0 saturated heterocycles. The molecular weight excluding hydrogens is 329 g/mol. The summed E-state index contributed by atoms with van der Waals surface area (Å²) >= 11 is 8.18. The van der Waals surface area contributed by atoms with Gasteiger partial charge in [-0.2, -0.15) is 0 Å². The highest BCUT2D eigenvalue weighted by atomic mass is 79.9. The third-order valence-corrected chi connectivity index (χ3v) is 3.23. The third-order valence-electron chi connectivity index (χ3n) is 2.46. The Hall–Kier alpha value is -1.46. The molecule has 0 atom stereocenters. The topological polar surface area (TPSA) is 35.2 Å². The molecule has 0 saturated carbocycles. The van der Waals surface area contributed by atoms with E-state index in [4.69, 9.17) is 22.7 Å². The smallest absolute Gasteiger partial charge is 0.124 e. The molecule has 0 heterocycles. The van der Waals surface area contributed by atoms with Crippen LogP contribution >= 0.6 is 28.1 Å². The Morgan fingerprint density at radius 3 is 2.53 bits per heavy atom. The fourth-order valence-electron chi connectivity index (χ4n) is 1.57. The summed E-state index contributed by atoms with van der Waals surface area (Å²) in [5.74, 6) is 0.337. The Labute approximate surface area is 124 Å². The van der Waals surface area contributed by atoms with Crippen molar-refractivity contribution in [3.63, 3.8) is 0 Å². The first-order valence-corrected chi connectivity index (χ1v) is 6.72. The monoisotopic (exact) mass is 339 g/mol. The van der Waals surface area contributed by atoms with Crippen LogP contribution in [-0.2, 0) is 6.61 Å². The molecule has 0 unspecified atom stereocenters. The molecule has 0 aliphatic carbocycles. The molecule has 0 bridgehead atoms. The first-order chi connectivity index (χ1) is 9.04. The summed E-state index contributed by atoms with van der Waals surface area (Å²) in [7, 11) is 0. The van der Waals surface area contributed by atoms with E-state index in [-0.39, 0.29) is 17.4 Å². The van der Waals surface area contributed by atoms with Gasteiger partial charge >= 0.3 is 0 Å². The maximum atomic E-state index is 13.4. The normalized spacial score (nSPS) is 10.2. The molecule has 98 valence electrons. The Balaban J connectivity index is 2.11. The van der Waals surface area contributed by atoms with Gasteiger partial charge in [-0.25, -0.2) is 4.39 Å². The second-order valence-electron chi connectivity index (χ2n) is 3.96. The molecule has 2 N–H and O–H groups in total. The zero-order chi connectivity index (χ0) is 13.8. The van der Waals surface area contributed by atoms with E-state index in [0.29, 0.717) is 16.9 Å². The molecule has 0 aromatic heterocycles. The highest BCUT2D eigenvalue weighted by Crippen LogP contribution is 2.18. The van der Waals surface area contributed by atoms with Gasteiger partial charge in [-0.15, -0.1) is 0 Å². The summed E-state index contributed by atoms with van der Waals surface area (Å²) < 4.78 is 19.9. The van der Waals surface area contributed by atoms with Crippen molar-refractivity contribution < 1.29 is 9.13 Å². The van der Waals surface area contributed by atoms with Gasteiger partial charge in [0.1, 0.15) is 23.2 Å². The van der Waals surface area contributed by atoms with E-state index in [9.17, 15) is 4.39 Å². The van der Waals surface area contributed by atoms with Gasteiger partial charge in [0.2, 0.25) is 0 Å². The van der Waals surface area contributed by atoms with Crippen molar-refractivity contribution in [1.29, 1.82) is 0 Å². The number of hydrogen-bond donors (Lipinski definition) is 1. The Morgan fingerprint density at radius 2 is 1.89 bits per heavy atom. The van der Waals surface area contributed by atoms with Gasteiger partial charge < -0.3 is 10.5 Å². The van der Waals surface area contributed by atoms with Gasteiger partial charge in [-0.3, -0.25) is 0 Å². The van der Waals surface area contributed by atoms with Crippen LogP contribution in [0.5, 0.6) is 5.75 Å². The zero-order valence-corrected chi connectivity index (χ0v) is 12.3. The first kappa shape index (κ1) is 14.0. The Morgan fingerprint density at radius 1 is 1.21 bits per heavy atom. The van der Waals surface area contributed by atoms with Crippen LogP contribution in [0.1, 0.15) is 11.1 Å². The van der Waals surface area contributed by atoms with Crippen molar-refractivity contribution in [2.24, 2.45) is 5.73 Å². The predicted octanol–water partition coefficient (Wildman–Crippen LogP) is 3.80. The zero-order valence-electron chi connectivity index (χ0n) is 9.90. The molecule has 0 spiro atoms.